The van der Waals surface area contributed by atoms with Gasteiger partial charge in [0.1, 0.15) is 0 Å². The van der Waals surface area contributed by atoms with Crippen LogP contribution in [0.2, 0.25) is 0 Å². The van der Waals surface area contributed by atoms with Gasteiger partial charge in [-0.3, -0.25) is 0 Å². The van der Waals surface area contributed by atoms with Crippen molar-refractivity contribution in [3.05, 3.63) is 12.2 Å². The van der Waals surface area contributed by atoms with E-state index >= 15 is 0 Å². The molecule has 0 aliphatic heterocycles. The molecule has 0 bridgehead atoms. The van der Waals surface area contributed by atoms with Crippen LogP contribution in [-0.2, 0) is 0 Å². The monoisotopic (exact) mass is 106 g/mol. The Balaban J connectivity index is 3.08. The van der Waals surface area contributed by atoms with E-state index in [0.717, 1.165) is 12.5 Å². The first-order valence-electron chi connectivity index (χ1n) is 2.28. The summed E-state index contributed by atoms with van der Waals surface area (Å²) in [6, 6.07) is 0. The van der Waals surface area contributed by atoms with Gasteiger partial charge in [-0.1, -0.05) is 13.3 Å². The minimum Gasteiger partial charge on any atom is -0.174 e. The van der Waals surface area contributed by atoms with E-state index in [1.54, 1.807) is 0 Å². The van der Waals surface area contributed by atoms with Crippen LogP contribution in [-0.4, -0.2) is 0 Å². The highest BCUT2D eigenvalue weighted by Crippen LogP contribution is 1.99. The number of allylic oxidation sites excluding steroid dienone is 1. The SMILES string of the molecule is CCCC=C(F)F. The Morgan fingerprint density at radius 2 is 2.14 bits per heavy atom. The Hall–Kier alpha value is -0.400. The summed E-state index contributed by atoms with van der Waals surface area (Å²) in [5.41, 5.74) is 0. The zero-order valence-corrected chi connectivity index (χ0v) is 4.25. The van der Waals surface area contributed by atoms with Crippen LogP contribution < -0.4 is 0 Å². The highest BCUT2D eigenvalue weighted by atomic mass is 19.3. The molecule has 0 heterocycles. The van der Waals surface area contributed by atoms with Gasteiger partial charge < -0.3 is 0 Å². The van der Waals surface area contributed by atoms with Gasteiger partial charge in [-0.2, -0.15) is 8.78 Å². The second-order valence-corrected chi connectivity index (χ2v) is 1.28. The minimum absolute atomic E-state index is 0.488. The molecule has 0 saturated heterocycles. The summed E-state index contributed by atoms with van der Waals surface area (Å²) in [4.78, 5) is 0. The fraction of sp³-hybridized carbons (Fsp3) is 0.600. The molecule has 0 N–H and O–H groups in total. The van der Waals surface area contributed by atoms with Crippen molar-refractivity contribution in [2.75, 3.05) is 0 Å². The third-order valence-electron chi connectivity index (χ3n) is 0.587. The Morgan fingerprint density at radius 1 is 1.57 bits per heavy atom. The largest absolute Gasteiger partial charge is 0.266 e. The predicted molar refractivity (Wildman–Crippen MR) is 25.2 cm³/mol. The van der Waals surface area contributed by atoms with Gasteiger partial charge in [0.2, 0.25) is 0 Å². The Morgan fingerprint density at radius 3 is 2.29 bits per heavy atom. The predicted octanol–water partition coefficient (Wildman–Crippen LogP) is 2.57. The highest BCUT2D eigenvalue weighted by Gasteiger charge is 1.82. The van der Waals surface area contributed by atoms with E-state index in [9.17, 15) is 8.78 Å². The Kier molecular flexibility index (Phi) is 3.56. The molecule has 0 spiro atoms. The maximum absolute atomic E-state index is 11.1. The van der Waals surface area contributed by atoms with E-state index in [-0.39, 0.29) is 0 Å². The fourth-order valence-electron chi connectivity index (χ4n) is 0.253. The number of rotatable bonds is 2. The van der Waals surface area contributed by atoms with Gasteiger partial charge >= 0.3 is 0 Å². The van der Waals surface area contributed by atoms with Crippen molar-refractivity contribution in [3.63, 3.8) is 0 Å². The molecule has 0 rings (SSSR count). The number of halogens is 2. The summed E-state index contributed by atoms with van der Waals surface area (Å²) in [5, 5.41) is 0. The molecule has 0 aromatic carbocycles. The third kappa shape index (κ3) is 5.60. The van der Waals surface area contributed by atoms with Crippen LogP contribution in [0.5, 0.6) is 0 Å². The average molecular weight is 106 g/mol. The van der Waals surface area contributed by atoms with Crippen LogP contribution in [0.25, 0.3) is 0 Å². The van der Waals surface area contributed by atoms with Gasteiger partial charge in [0.05, 0.1) is 0 Å². The van der Waals surface area contributed by atoms with Gasteiger partial charge in [-0.25, -0.2) is 0 Å². The maximum Gasteiger partial charge on any atom is 0.266 e. The zero-order valence-electron chi connectivity index (χ0n) is 4.25. The van der Waals surface area contributed by atoms with E-state index in [1.807, 2.05) is 6.92 Å². The lowest BCUT2D eigenvalue weighted by Crippen LogP contribution is -1.60. The van der Waals surface area contributed by atoms with E-state index in [0.29, 0.717) is 6.42 Å². The molecule has 0 aliphatic carbocycles. The topological polar surface area (TPSA) is 0 Å². The molecule has 7 heavy (non-hydrogen) atoms. The Bertz CT molecular complexity index is 62.5. The van der Waals surface area contributed by atoms with Crippen molar-refractivity contribution in [2.24, 2.45) is 0 Å². The molecule has 0 fully saturated rings. The third-order valence-corrected chi connectivity index (χ3v) is 0.587. The van der Waals surface area contributed by atoms with Crippen LogP contribution in [0.1, 0.15) is 19.8 Å². The summed E-state index contributed by atoms with van der Waals surface area (Å²) < 4.78 is 22.2. The highest BCUT2D eigenvalue weighted by molar-refractivity contribution is 4.78. The lowest BCUT2D eigenvalue weighted by atomic mass is 10.3. The summed E-state index contributed by atoms with van der Waals surface area (Å²) in [7, 11) is 0. The van der Waals surface area contributed by atoms with E-state index in [2.05, 4.69) is 0 Å². The molecule has 0 radical (unpaired) electrons. The first-order valence-corrected chi connectivity index (χ1v) is 2.28. The van der Waals surface area contributed by atoms with E-state index in [4.69, 9.17) is 0 Å². The molecule has 2 heteroatoms. The average Bonchev–Trinajstić information content (AvgIpc) is 1.61. The van der Waals surface area contributed by atoms with E-state index < -0.39 is 6.08 Å². The van der Waals surface area contributed by atoms with Crippen molar-refractivity contribution in [1.29, 1.82) is 0 Å². The molecule has 0 aromatic rings. The summed E-state index contributed by atoms with van der Waals surface area (Å²) in [6.45, 7) is 1.86. The summed E-state index contributed by atoms with van der Waals surface area (Å²) >= 11 is 0. The molecule has 0 saturated carbocycles. The second kappa shape index (κ2) is 3.78. The lowest BCUT2D eigenvalue weighted by Gasteiger charge is -1.78. The van der Waals surface area contributed by atoms with Crippen LogP contribution in [0.15, 0.2) is 12.2 Å². The molecule has 0 amide bonds. The smallest absolute Gasteiger partial charge is 0.174 e. The van der Waals surface area contributed by atoms with Crippen LogP contribution in [0, 0.1) is 0 Å². The normalized spacial score (nSPS) is 8.43. The quantitative estimate of drug-likeness (QED) is 0.507. The maximum atomic E-state index is 11.1. The summed E-state index contributed by atoms with van der Waals surface area (Å²) in [5.74, 6) is 0. The Labute approximate surface area is 41.8 Å². The molecule has 0 unspecified atom stereocenters. The summed E-state index contributed by atoms with van der Waals surface area (Å²) in [6.07, 6.45) is 0.640. The van der Waals surface area contributed by atoms with Crippen molar-refractivity contribution in [3.8, 4) is 0 Å². The number of unbranched alkanes of at least 4 members (excludes halogenated alkanes) is 1. The minimum atomic E-state index is -1.57. The van der Waals surface area contributed by atoms with Crippen molar-refractivity contribution in [1.82, 2.24) is 0 Å². The van der Waals surface area contributed by atoms with E-state index in [1.165, 1.54) is 0 Å². The molecule has 42 valence electrons. The lowest BCUT2D eigenvalue weighted by molar-refractivity contribution is 0.417. The van der Waals surface area contributed by atoms with Crippen LogP contribution >= 0.6 is 0 Å². The van der Waals surface area contributed by atoms with Gasteiger partial charge in [0.25, 0.3) is 6.08 Å². The molecule has 0 aromatic heterocycles. The fourth-order valence-corrected chi connectivity index (χ4v) is 0.253. The standard InChI is InChI=1S/C5H8F2/c1-2-3-4-5(6)7/h4H,2-3H2,1H3. The van der Waals surface area contributed by atoms with Crippen LogP contribution in [0.3, 0.4) is 0 Å². The molecular formula is C5H8F2. The van der Waals surface area contributed by atoms with Crippen LogP contribution in [0.4, 0.5) is 8.78 Å². The number of hydrogen-bond acceptors (Lipinski definition) is 0. The molecule has 0 nitrogen and oxygen atoms in total. The molecular weight excluding hydrogens is 98.1 g/mol. The first-order chi connectivity index (χ1) is 3.27. The van der Waals surface area contributed by atoms with Gasteiger partial charge in [0.15, 0.2) is 0 Å². The van der Waals surface area contributed by atoms with Crippen molar-refractivity contribution < 1.29 is 8.78 Å². The second-order valence-electron chi connectivity index (χ2n) is 1.28. The first kappa shape index (κ1) is 6.60. The molecule has 0 atom stereocenters. The van der Waals surface area contributed by atoms with Gasteiger partial charge in [-0.05, 0) is 12.5 Å². The van der Waals surface area contributed by atoms with Gasteiger partial charge in [-0.15, -0.1) is 0 Å². The van der Waals surface area contributed by atoms with Crippen molar-refractivity contribution >= 4 is 0 Å². The van der Waals surface area contributed by atoms with Crippen molar-refractivity contribution in [2.45, 2.75) is 19.8 Å². The zero-order chi connectivity index (χ0) is 5.70. The molecule has 0 aliphatic rings. The number of hydrogen-bond donors (Lipinski definition) is 0. The van der Waals surface area contributed by atoms with Gasteiger partial charge in [0, 0.05) is 0 Å².